The molecule has 0 amide bonds. The van der Waals surface area contributed by atoms with Crippen molar-refractivity contribution in [1.82, 2.24) is 4.57 Å². The summed E-state index contributed by atoms with van der Waals surface area (Å²) in [7, 11) is 2.50. The normalized spacial score (nSPS) is 16.4. The predicted octanol–water partition coefficient (Wildman–Crippen LogP) is 16.4. The van der Waals surface area contributed by atoms with E-state index >= 15 is 0 Å². The average Bonchev–Trinajstić information content (AvgIpc) is 4.04. The zero-order valence-electron chi connectivity index (χ0n) is 40.5. The molecule has 14 rings (SSSR count). The maximum Gasteiger partial charge on any atom is 0.197 e. The number of aromatic nitrogens is 1. The van der Waals surface area contributed by atoms with E-state index in [0.29, 0.717) is 0 Å². The molecular formula is C63H54BN2OS. The zero-order chi connectivity index (χ0) is 46.4. The highest BCUT2D eigenvalue weighted by atomic mass is 32.1. The molecule has 1 radical (unpaired) electrons. The molecule has 5 heteroatoms. The smallest absolute Gasteiger partial charge is 0.197 e. The van der Waals surface area contributed by atoms with Crippen LogP contribution < -0.4 is 16.2 Å². The second-order valence-corrected chi connectivity index (χ2v) is 24.2. The number of para-hydroxylation sites is 1. The van der Waals surface area contributed by atoms with Crippen LogP contribution in [0.4, 0.5) is 11.4 Å². The van der Waals surface area contributed by atoms with Gasteiger partial charge in [0.15, 0.2) is 7.28 Å². The Bertz CT molecular complexity index is 4030. The summed E-state index contributed by atoms with van der Waals surface area (Å²) in [6.45, 7) is 21.6. The van der Waals surface area contributed by atoms with Crippen LogP contribution >= 0.6 is 11.3 Å². The van der Waals surface area contributed by atoms with Crippen LogP contribution in [0.25, 0.3) is 91.9 Å². The van der Waals surface area contributed by atoms with Gasteiger partial charge >= 0.3 is 0 Å². The summed E-state index contributed by atoms with van der Waals surface area (Å²) in [6, 6.07) is 51.0. The standard InChI is InChI=1S/C63H54BN2OS/c1-60(2,3)34-18-20-35(21-19-34)65-49-32-45-40(41-29-46-47(31-44(41)63(45,8)9)62(6,7)27-26-61(46,4)5)28-42(49)37-22-23-39-56-50(24-25-53-57(56)38-15-10-12-16-52(38)67-53)66-51-33-55-43(30-48(51)64-58(37)59(39)66)36-14-11-13-17-54(36)68-55/h10-25,28-33,65H,26-27H2,1-9H3. The molecule has 0 fully saturated rings. The van der Waals surface area contributed by atoms with Crippen LogP contribution in [0, 0.1) is 0 Å². The van der Waals surface area contributed by atoms with Crippen LogP contribution in [-0.4, -0.2) is 11.8 Å². The highest BCUT2D eigenvalue weighted by Gasteiger charge is 2.43. The molecule has 1 N–H and O–H groups in total. The first kappa shape index (κ1) is 40.5. The van der Waals surface area contributed by atoms with E-state index < -0.39 is 0 Å². The van der Waals surface area contributed by atoms with Crippen LogP contribution in [0.2, 0.25) is 0 Å². The number of benzene rings is 8. The summed E-state index contributed by atoms with van der Waals surface area (Å²) in [5.41, 5.74) is 22.6. The number of nitrogens with zero attached hydrogens (tertiary/aromatic N) is 1. The fourth-order valence-corrected chi connectivity index (χ4v) is 13.8. The summed E-state index contributed by atoms with van der Waals surface area (Å²) in [6.07, 6.45) is 2.39. The van der Waals surface area contributed by atoms with Gasteiger partial charge in [0, 0.05) is 69.9 Å². The fourth-order valence-electron chi connectivity index (χ4n) is 12.7. The van der Waals surface area contributed by atoms with E-state index in [0.717, 1.165) is 27.9 Å². The highest BCUT2D eigenvalue weighted by Crippen LogP contribution is 2.56. The molecular weight excluding hydrogens is 844 g/mol. The number of thiophene rings is 1. The number of furan rings is 1. The monoisotopic (exact) mass is 897 g/mol. The van der Waals surface area contributed by atoms with Crippen molar-refractivity contribution in [3.05, 3.63) is 161 Å². The quantitative estimate of drug-likeness (QED) is 0.179. The number of rotatable bonds is 3. The van der Waals surface area contributed by atoms with Gasteiger partial charge < -0.3 is 14.3 Å². The molecule has 4 heterocycles. The molecule has 1 aliphatic heterocycles. The van der Waals surface area contributed by atoms with Crippen LogP contribution in [-0.2, 0) is 21.7 Å². The lowest BCUT2D eigenvalue weighted by Crippen LogP contribution is -2.37. The van der Waals surface area contributed by atoms with Crippen LogP contribution in [0.3, 0.4) is 0 Å². The van der Waals surface area contributed by atoms with Gasteiger partial charge in [-0.05, 0) is 145 Å². The van der Waals surface area contributed by atoms with E-state index in [1.807, 2.05) is 11.3 Å². The lowest BCUT2D eigenvalue weighted by molar-refractivity contribution is 0.331. The molecule has 0 spiro atoms. The molecule has 3 aromatic heterocycles. The fraction of sp³-hybridized carbons (Fsp3) is 0.238. The minimum atomic E-state index is -0.189. The maximum absolute atomic E-state index is 6.57. The van der Waals surface area contributed by atoms with E-state index in [1.54, 1.807) is 0 Å². The van der Waals surface area contributed by atoms with Crippen LogP contribution in [0.1, 0.15) is 103 Å². The topological polar surface area (TPSA) is 30.1 Å². The van der Waals surface area contributed by atoms with E-state index in [9.17, 15) is 0 Å². The number of hydrogen-bond donors (Lipinski definition) is 1. The molecule has 11 aromatic rings. The Morgan fingerprint density at radius 2 is 1.28 bits per heavy atom. The third kappa shape index (κ3) is 5.48. The lowest BCUT2D eigenvalue weighted by Gasteiger charge is -2.42. The van der Waals surface area contributed by atoms with Crippen molar-refractivity contribution in [2.75, 3.05) is 5.32 Å². The second-order valence-electron chi connectivity index (χ2n) is 23.1. The summed E-state index contributed by atoms with van der Waals surface area (Å²) < 4.78 is 11.8. The van der Waals surface area contributed by atoms with Gasteiger partial charge in [-0.25, -0.2) is 0 Å². The maximum atomic E-state index is 6.57. The van der Waals surface area contributed by atoms with E-state index in [1.165, 1.54) is 127 Å². The molecule has 0 saturated carbocycles. The summed E-state index contributed by atoms with van der Waals surface area (Å²) >= 11 is 1.89. The third-order valence-electron chi connectivity index (χ3n) is 16.6. The SMILES string of the molecule is CC(C)(C)c1ccc(Nc2cc3c(cc2-c2ccc4c5c6c(ccc5n5c4c2[B]c2cc4c(cc2-5)sc2ccccc24)oc2ccccc26)-c2cc4c(cc2C3(C)C)C(C)(C)CCC4(C)C)cc1. The molecule has 0 bridgehead atoms. The van der Waals surface area contributed by atoms with Crippen molar-refractivity contribution in [2.24, 2.45) is 0 Å². The second kappa shape index (κ2) is 13.4. The number of anilines is 2. The predicted molar refractivity (Wildman–Crippen MR) is 293 cm³/mol. The minimum absolute atomic E-state index is 0.0627. The van der Waals surface area contributed by atoms with Gasteiger partial charge in [0.25, 0.3) is 0 Å². The van der Waals surface area contributed by atoms with E-state index in [-0.39, 0.29) is 21.7 Å². The average molecular weight is 898 g/mol. The van der Waals surface area contributed by atoms with Crippen LogP contribution in [0.15, 0.2) is 138 Å². The zero-order valence-corrected chi connectivity index (χ0v) is 41.3. The molecule has 0 atom stereocenters. The minimum Gasteiger partial charge on any atom is -0.456 e. The van der Waals surface area contributed by atoms with Crippen LogP contribution in [0.5, 0.6) is 0 Å². The number of hydrogen-bond acceptors (Lipinski definition) is 3. The molecule has 3 aliphatic rings. The van der Waals surface area contributed by atoms with Crippen molar-refractivity contribution in [3.63, 3.8) is 0 Å². The number of nitrogens with one attached hydrogen (secondary N) is 1. The molecule has 0 saturated heterocycles. The first-order chi connectivity index (χ1) is 32.5. The Kier molecular flexibility index (Phi) is 7.96. The largest absolute Gasteiger partial charge is 0.456 e. The van der Waals surface area contributed by atoms with E-state index in [4.69, 9.17) is 4.42 Å². The lowest BCUT2D eigenvalue weighted by atomic mass is 9.59. The molecule has 8 aromatic carbocycles. The van der Waals surface area contributed by atoms with Gasteiger partial charge in [-0.2, -0.15) is 0 Å². The van der Waals surface area contributed by atoms with Gasteiger partial charge in [0.1, 0.15) is 11.2 Å². The Morgan fingerprint density at radius 1 is 0.574 bits per heavy atom. The Hall–Kier alpha value is -6.56. The Balaban J connectivity index is 1.07. The van der Waals surface area contributed by atoms with Gasteiger partial charge in [0.05, 0.1) is 5.52 Å². The van der Waals surface area contributed by atoms with Gasteiger partial charge in [-0.15, -0.1) is 11.3 Å². The molecule has 68 heavy (non-hydrogen) atoms. The molecule has 2 aliphatic carbocycles. The van der Waals surface area contributed by atoms with Crippen molar-refractivity contribution < 1.29 is 4.42 Å². The first-order valence-electron chi connectivity index (χ1n) is 24.5. The van der Waals surface area contributed by atoms with Gasteiger partial charge in [-0.3, -0.25) is 0 Å². The van der Waals surface area contributed by atoms with Crippen molar-refractivity contribution in [3.8, 4) is 27.9 Å². The van der Waals surface area contributed by atoms with Gasteiger partial charge in [-0.1, -0.05) is 141 Å². The molecule has 0 unspecified atom stereocenters. The molecule has 3 nitrogen and oxygen atoms in total. The summed E-state index contributed by atoms with van der Waals surface area (Å²) in [5, 5.41) is 11.5. The Labute approximate surface area is 403 Å². The van der Waals surface area contributed by atoms with Crippen molar-refractivity contribution in [1.29, 1.82) is 0 Å². The number of fused-ring (bicyclic) bond motifs is 16. The molecule has 331 valence electrons. The highest BCUT2D eigenvalue weighted by molar-refractivity contribution is 7.25. The third-order valence-corrected chi connectivity index (χ3v) is 17.8. The van der Waals surface area contributed by atoms with Crippen molar-refractivity contribution >= 4 is 105 Å². The first-order valence-corrected chi connectivity index (χ1v) is 25.3. The van der Waals surface area contributed by atoms with E-state index in [2.05, 4.69) is 213 Å². The Morgan fingerprint density at radius 3 is 2.06 bits per heavy atom. The summed E-state index contributed by atoms with van der Waals surface area (Å²) in [4.78, 5) is 0. The van der Waals surface area contributed by atoms with Gasteiger partial charge in [0.2, 0.25) is 0 Å². The summed E-state index contributed by atoms with van der Waals surface area (Å²) in [5.74, 6) is 0. The van der Waals surface area contributed by atoms with Crippen molar-refractivity contribution in [2.45, 2.75) is 96.8 Å².